The smallest absolute Gasteiger partial charge is 0.253 e. The summed E-state index contributed by atoms with van der Waals surface area (Å²) >= 11 is 0. The summed E-state index contributed by atoms with van der Waals surface area (Å²) in [5.41, 5.74) is 2.94. The zero-order valence-corrected chi connectivity index (χ0v) is 13.3. The van der Waals surface area contributed by atoms with Gasteiger partial charge in [-0.2, -0.15) is 0 Å². The molecule has 0 aliphatic rings. The number of amides is 1. The summed E-state index contributed by atoms with van der Waals surface area (Å²) in [6, 6.07) is 14.4. The fraction of sp³-hybridized carbons (Fsp3) is 0.263. The van der Waals surface area contributed by atoms with E-state index in [4.69, 9.17) is 0 Å². The van der Waals surface area contributed by atoms with Crippen molar-refractivity contribution >= 4 is 11.7 Å². The Morgan fingerprint density at radius 3 is 2.00 bits per heavy atom. The number of rotatable bonds is 5. The lowest BCUT2D eigenvalue weighted by Gasteiger charge is -2.18. The molecule has 0 saturated heterocycles. The first kappa shape index (κ1) is 16.0. The third kappa shape index (κ3) is 3.42. The molecule has 2 aromatic carbocycles. The highest BCUT2D eigenvalue weighted by molar-refractivity contribution is 6.09. The maximum absolute atomic E-state index is 12.4. The first-order valence-corrected chi connectivity index (χ1v) is 7.57. The summed E-state index contributed by atoms with van der Waals surface area (Å²) in [4.78, 5) is 26.4. The van der Waals surface area contributed by atoms with Gasteiger partial charge in [-0.05, 0) is 39.0 Å². The molecule has 3 nitrogen and oxygen atoms in total. The minimum atomic E-state index is -0.0226. The van der Waals surface area contributed by atoms with Crippen molar-refractivity contribution in [3.05, 3.63) is 70.8 Å². The second kappa shape index (κ2) is 7.03. The van der Waals surface area contributed by atoms with Crippen LogP contribution in [-0.4, -0.2) is 29.7 Å². The van der Waals surface area contributed by atoms with Gasteiger partial charge in [-0.1, -0.05) is 35.9 Å². The molecule has 0 aromatic heterocycles. The molecule has 0 aliphatic heterocycles. The van der Waals surface area contributed by atoms with E-state index in [0.717, 1.165) is 5.56 Å². The molecule has 3 heteroatoms. The molecular formula is C19H21NO2. The van der Waals surface area contributed by atoms with Crippen molar-refractivity contribution in [1.29, 1.82) is 0 Å². The van der Waals surface area contributed by atoms with E-state index in [1.54, 1.807) is 29.2 Å². The average Bonchev–Trinajstić information content (AvgIpc) is 2.55. The van der Waals surface area contributed by atoms with Crippen LogP contribution in [0, 0.1) is 6.92 Å². The Bertz CT molecular complexity index is 670. The highest BCUT2D eigenvalue weighted by Gasteiger charge is 2.14. The molecule has 0 fully saturated rings. The topological polar surface area (TPSA) is 37.4 Å². The minimum Gasteiger partial charge on any atom is -0.339 e. The molecule has 0 N–H and O–H groups in total. The van der Waals surface area contributed by atoms with Gasteiger partial charge in [0.2, 0.25) is 0 Å². The zero-order chi connectivity index (χ0) is 16.1. The number of hydrogen-bond donors (Lipinski definition) is 0. The molecule has 0 unspecified atom stereocenters. The molecule has 22 heavy (non-hydrogen) atoms. The van der Waals surface area contributed by atoms with Crippen molar-refractivity contribution in [2.45, 2.75) is 20.8 Å². The van der Waals surface area contributed by atoms with Crippen LogP contribution >= 0.6 is 0 Å². The van der Waals surface area contributed by atoms with Gasteiger partial charge in [-0.15, -0.1) is 0 Å². The van der Waals surface area contributed by atoms with Crippen molar-refractivity contribution in [3.63, 3.8) is 0 Å². The van der Waals surface area contributed by atoms with Crippen molar-refractivity contribution in [1.82, 2.24) is 4.90 Å². The predicted octanol–water partition coefficient (Wildman–Crippen LogP) is 3.71. The van der Waals surface area contributed by atoms with Gasteiger partial charge in [-0.25, -0.2) is 0 Å². The number of carbonyl (C=O) groups is 2. The van der Waals surface area contributed by atoms with Crippen molar-refractivity contribution in [2.75, 3.05) is 13.1 Å². The molecule has 0 radical (unpaired) electrons. The number of ketones is 1. The molecule has 0 bridgehead atoms. The molecule has 0 heterocycles. The average molecular weight is 295 g/mol. The molecule has 2 rings (SSSR count). The van der Waals surface area contributed by atoms with Crippen molar-refractivity contribution < 1.29 is 9.59 Å². The van der Waals surface area contributed by atoms with E-state index in [9.17, 15) is 9.59 Å². The van der Waals surface area contributed by atoms with E-state index in [1.165, 1.54) is 0 Å². The van der Waals surface area contributed by atoms with Crippen LogP contribution in [0.3, 0.4) is 0 Å². The number of benzene rings is 2. The summed E-state index contributed by atoms with van der Waals surface area (Å²) in [6.45, 7) is 7.23. The Labute approximate surface area is 131 Å². The number of aryl methyl sites for hydroxylation is 1. The maximum Gasteiger partial charge on any atom is 0.253 e. The number of carbonyl (C=O) groups excluding carboxylic acids is 2. The summed E-state index contributed by atoms with van der Waals surface area (Å²) in [7, 11) is 0. The van der Waals surface area contributed by atoms with Crippen LogP contribution in [0.2, 0.25) is 0 Å². The van der Waals surface area contributed by atoms with Gasteiger partial charge in [0.25, 0.3) is 5.91 Å². The third-order valence-electron chi connectivity index (χ3n) is 3.72. The number of nitrogens with zero attached hydrogens (tertiary/aromatic N) is 1. The highest BCUT2D eigenvalue weighted by Crippen LogP contribution is 2.13. The molecule has 0 aliphatic carbocycles. The normalized spacial score (nSPS) is 10.3. The van der Waals surface area contributed by atoms with E-state index in [1.807, 2.05) is 45.0 Å². The summed E-state index contributed by atoms with van der Waals surface area (Å²) in [5.74, 6) is -0.0231. The van der Waals surface area contributed by atoms with E-state index >= 15 is 0 Å². The van der Waals surface area contributed by atoms with Crippen LogP contribution in [0.5, 0.6) is 0 Å². The predicted molar refractivity (Wildman–Crippen MR) is 88.3 cm³/mol. The quantitative estimate of drug-likeness (QED) is 0.789. The molecule has 114 valence electrons. The van der Waals surface area contributed by atoms with Crippen LogP contribution in [-0.2, 0) is 0 Å². The van der Waals surface area contributed by atoms with Crippen LogP contribution < -0.4 is 0 Å². The number of hydrogen-bond acceptors (Lipinski definition) is 2. The van der Waals surface area contributed by atoms with Gasteiger partial charge >= 0.3 is 0 Å². The largest absolute Gasteiger partial charge is 0.339 e. The van der Waals surface area contributed by atoms with E-state index in [0.29, 0.717) is 29.8 Å². The van der Waals surface area contributed by atoms with E-state index in [2.05, 4.69) is 0 Å². The van der Waals surface area contributed by atoms with Crippen LogP contribution in [0.15, 0.2) is 48.5 Å². The first-order chi connectivity index (χ1) is 10.6. The zero-order valence-electron chi connectivity index (χ0n) is 13.3. The second-order valence-corrected chi connectivity index (χ2v) is 5.25. The van der Waals surface area contributed by atoms with Gasteiger partial charge in [-0.3, -0.25) is 9.59 Å². The Kier molecular flexibility index (Phi) is 5.10. The van der Waals surface area contributed by atoms with E-state index in [-0.39, 0.29) is 11.7 Å². The SMILES string of the molecule is CCN(CC)C(=O)c1ccc(C(=O)c2cccc(C)c2)cc1. The highest BCUT2D eigenvalue weighted by atomic mass is 16.2. The van der Waals surface area contributed by atoms with Crippen molar-refractivity contribution in [2.24, 2.45) is 0 Å². The third-order valence-corrected chi connectivity index (χ3v) is 3.72. The fourth-order valence-electron chi connectivity index (χ4n) is 2.41. The van der Waals surface area contributed by atoms with Gasteiger partial charge in [0.15, 0.2) is 5.78 Å². The lowest BCUT2D eigenvalue weighted by atomic mass is 10.0. The molecule has 2 aromatic rings. The van der Waals surface area contributed by atoms with Gasteiger partial charge in [0.1, 0.15) is 0 Å². The molecule has 0 spiro atoms. The van der Waals surface area contributed by atoms with Crippen molar-refractivity contribution in [3.8, 4) is 0 Å². The Hall–Kier alpha value is -2.42. The Morgan fingerprint density at radius 1 is 0.864 bits per heavy atom. The second-order valence-electron chi connectivity index (χ2n) is 5.25. The van der Waals surface area contributed by atoms with Gasteiger partial charge < -0.3 is 4.90 Å². The first-order valence-electron chi connectivity index (χ1n) is 7.57. The Balaban J connectivity index is 2.22. The van der Waals surface area contributed by atoms with Gasteiger partial charge in [0.05, 0.1) is 0 Å². The van der Waals surface area contributed by atoms with Crippen LogP contribution in [0.25, 0.3) is 0 Å². The fourth-order valence-corrected chi connectivity index (χ4v) is 2.41. The van der Waals surface area contributed by atoms with Crippen LogP contribution in [0.1, 0.15) is 45.7 Å². The molecule has 1 amide bonds. The van der Waals surface area contributed by atoms with E-state index < -0.39 is 0 Å². The summed E-state index contributed by atoms with van der Waals surface area (Å²) in [5, 5.41) is 0. The lowest BCUT2D eigenvalue weighted by Crippen LogP contribution is -2.30. The monoisotopic (exact) mass is 295 g/mol. The maximum atomic E-state index is 12.4. The van der Waals surface area contributed by atoms with Crippen LogP contribution in [0.4, 0.5) is 0 Å². The molecule has 0 saturated carbocycles. The Morgan fingerprint density at radius 2 is 1.45 bits per heavy atom. The molecular weight excluding hydrogens is 274 g/mol. The summed E-state index contributed by atoms with van der Waals surface area (Å²) < 4.78 is 0. The standard InChI is InChI=1S/C19H21NO2/c1-4-20(5-2)19(22)16-11-9-15(10-12-16)18(21)17-8-6-7-14(3)13-17/h6-13H,4-5H2,1-3H3. The van der Waals surface area contributed by atoms with Gasteiger partial charge in [0, 0.05) is 29.8 Å². The summed E-state index contributed by atoms with van der Waals surface area (Å²) in [6.07, 6.45) is 0. The lowest BCUT2D eigenvalue weighted by molar-refractivity contribution is 0.0772. The molecule has 0 atom stereocenters. The minimum absolute atomic E-state index is 0.000412.